The van der Waals surface area contributed by atoms with Crippen LogP contribution in [0.25, 0.3) is 22.3 Å². The molecule has 1 fully saturated rings. The van der Waals surface area contributed by atoms with Crippen molar-refractivity contribution in [3.63, 3.8) is 0 Å². The van der Waals surface area contributed by atoms with Crippen LogP contribution in [0, 0.1) is 11.1 Å². The Morgan fingerprint density at radius 1 is 0.880 bits per heavy atom. The molecule has 1 saturated carbocycles. The SMILES string of the molecule is COC(=O)c1ccc2c(C3CCCCC3)c(-c3c(I)ncn3COCC[Si](C)(C)C)[nH]c2c1.C[Si](C)(C)CCOCn1cnc(I)c1I.[O]=[Pd]. The second-order valence-electron chi connectivity index (χ2n) is 14.8. The van der Waals surface area contributed by atoms with Gasteiger partial charge in [-0.05, 0) is 116 Å². The maximum atomic E-state index is 12.1. The van der Waals surface area contributed by atoms with Gasteiger partial charge in [0.15, 0.2) is 0 Å². The fourth-order valence-corrected chi connectivity index (χ4v) is 8.74. The Bertz CT molecular complexity index is 1680. The standard InChI is InChI=1S/C25H34IN3O3Si.C9H16I2N2OSi.O.Pd/c1-31-25(30)18-10-11-19-20(14-18)28-22(21(19)17-8-6-5-7-9-17)23-24(26)27-15-29(23)16-32-12-13-33(2,3)4;1-15(2,3)5-4-14-7-13-6-12-8(10)9(13)11;;/h10-11,14-15,17,28H,5-9,12-13,16H2,1-4H3;6H,4-5,7H2,1-3H3;;. The third-order valence-corrected chi connectivity index (χ3v) is 15.6. The van der Waals surface area contributed by atoms with Crippen LogP contribution in [0.15, 0.2) is 30.9 Å². The zero-order valence-electron chi connectivity index (χ0n) is 30.0. The van der Waals surface area contributed by atoms with Crippen LogP contribution in [0.2, 0.25) is 51.4 Å². The van der Waals surface area contributed by atoms with Gasteiger partial charge < -0.3 is 28.3 Å². The zero-order chi connectivity index (χ0) is 37.1. The summed E-state index contributed by atoms with van der Waals surface area (Å²) in [7, 11) is -0.672. The first kappa shape index (κ1) is 44.1. The third kappa shape index (κ3) is 13.2. The van der Waals surface area contributed by atoms with Crippen LogP contribution in [0.3, 0.4) is 0 Å². The molecule has 4 aromatic rings. The number of imidazole rings is 2. The molecule has 0 bridgehead atoms. The van der Waals surface area contributed by atoms with Gasteiger partial charge in [0, 0.05) is 40.3 Å². The molecule has 5 rings (SSSR count). The number of aromatic amines is 1. The monoisotopic (exact) mass is 1150 g/mol. The number of methoxy groups -OCH3 is 1. The van der Waals surface area contributed by atoms with Crippen LogP contribution in [0.4, 0.5) is 0 Å². The zero-order valence-corrected chi connectivity index (χ0v) is 40.0. The number of nitrogens with zero attached hydrogens (tertiary/aromatic N) is 4. The number of carbonyl (C=O) groups excluding carboxylic acids is 1. The second-order valence-corrected chi connectivity index (χ2v) is 29.2. The van der Waals surface area contributed by atoms with Crippen molar-refractivity contribution < 1.29 is 41.6 Å². The van der Waals surface area contributed by atoms with E-state index in [1.807, 2.05) is 29.4 Å². The Hall–Kier alpha value is -0.344. The van der Waals surface area contributed by atoms with Crippen LogP contribution in [-0.2, 0) is 50.3 Å². The van der Waals surface area contributed by atoms with E-state index in [1.165, 1.54) is 75.4 Å². The first-order chi connectivity index (χ1) is 23.7. The number of nitrogens with one attached hydrogen (secondary N) is 1. The van der Waals surface area contributed by atoms with E-state index in [2.05, 4.69) is 133 Å². The molecule has 3 heterocycles. The van der Waals surface area contributed by atoms with E-state index in [1.54, 1.807) is 0 Å². The summed E-state index contributed by atoms with van der Waals surface area (Å²) in [5.41, 5.74) is 5.06. The van der Waals surface area contributed by atoms with E-state index in [9.17, 15) is 4.79 Å². The molecule has 1 aliphatic carbocycles. The Balaban J connectivity index is 0.000000334. The summed E-state index contributed by atoms with van der Waals surface area (Å²) in [6.45, 7) is 16.9. The Labute approximate surface area is 350 Å². The molecule has 280 valence electrons. The van der Waals surface area contributed by atoms with Gasteiger partial charge in [0.2, 0.25) is 0 Å². The quantitative estimate of drug-likeness (QED) is 0.0614. The average molecular weight is 1150 g/mol. The van der Waals surface area contributed by atoms with E-state index in [0.29, 0.717) is 24.9 Å². The molecule has 16 heteroatoms. The first-order valence-electron chi connectivity index (χ1n) is 16.8. The van der Waals surface area contributed by atoms with Crippen molar-refractivity contribution in [2.24, 2.45) is 0 Å². The fourth-order valence-electron chi connectivity index (χ4n) is 5.68. The molecule has 0 atom stereocenters. The van der Waals surface area contributed by atoms with Gasteiger partial charge >= 0.3 is 28.6 Å². The molecule has 1 aliphatic rings. The number of benzene rings is 1. The molecular formula is C34H50I3N5O5PdSi2. The Morgan fingerprint density at radius 3 is 1.98 bits per heavy atom. The van der Waals surface area contributed by atoms with E-state index < -0.39 is 16.1 Å². The van der Waals surface area contributed by atoms with Gasteiger partial charge in [-0.25, -0.2) is 14.8 Å². The molecule has 10 nitrogen and oxygen atoms in total. The average Bonchev–Trinajstić information content (AvgIpc) is 3.75. The molecule has 0 unspecified atom stereocenters. The number of aromatic nitrogens is 5. The summed E-state index contributed by atoms with van der Waals surface area (Å²) in [5.74, 6) is 0.182. The molecule has 0 saturated heterocycles. The number of halogens is 3. The molecule has 0 spiro atoms. The first-order valence-corrected chi connectivity index (χ1v) is 28.1. The molecule has 0 aliphatic heterocycles. The predicted molar refractivity (Wildman–Crippen MR) is 226 cm³/mol. The molecule has 0 amide bonds. The second kappa shape index (κ2) is 20.9. The van der Waals surface area contributed by atoms with Crippen molar-refractivity contribution >= 4 is 101 Å². The summed E-state index contributed by atoms with van der Waals surface area (Å²) >= 11 is 8.34. The number of carbonyl (C=O) groups is 1. The molecular weight excluding hydrogens is 1100 g/mol. The van der Waals surface area contributed by atoms with Crippen molar-refractivity contribution in [3.8, 4) is 11.4 Å². The molecule has 3 aromatic heterocycles. The summed E-state index contributed by atoms with van der Waals surface area (Å²) in [6, 6.07) is 8.22. The summed E-state index contributed by atoms with van der Waals surface area (Å²) in [4.78, 5) is 24.6. The number of esters is 1. The Kier molecular flexibility index (Phi) is 18.4. The van der Waals surface area contributed by atoms with Crippen LogP contribution in [-0.4, -0.2) is 66.5 Å². The normalized spacial score (nSPS) is 13.8. The summed E-state index contributed by atoms with van der Waals surface area (Å²) in [6.07, 6.45) is 9.91. The number of ether oxygens (including phenoxy) is 3. The van der Waals surface area contributed by atoms with Crippen molar-refractivity contribution in [3.05, 3.63) is 53.1 Å². The van der Waals surface area contributed by atoms with Gasteiger partial charge in [-0.1, -0.05) is 64.6 Å². The Morgan fingerprint density at radius 2 is 1.44 bits per heavy atom. The summed E-state index contributed by atoms with van der Waals surface area (Å²) in [5, 5.41) is 1.19. The van der Waals surface area contributed by atoms with E-state index >= 15 is 0 Å². The maximum absolute atomic E-state index is 12.1. The van der Waals surface area contributed by atoms with Crippen LogP contribution in [0.1, 0.15) is 53.9 Å². The van der Waals surface area contributed by atoms with E-state index in [-0.39, 0.29) is 5.97 Å². The molecule has 1 aromatic carbocycles. The number of rotatable bonds is 13. The summed E-state index contributed by atoms with van der Waals surface area (Å²) < 4.78 is 32.1. The van der Waals surface area contributed by atoms with Crippen LogP contribution >= 0.6 is 67.8 Å². The van der Waals surface area contributed by atoms with E-state index in [4.69, 9.17) is 17.7 Å². The van der Waals surface area contributed by atoms with Gasteiger partial charge in [-0.3, -0.25) is 0 Å². The number of fused-ring (bicyclic) bond motifs is 1. The number of H-pyrrole nitrogens is 1. The minimum atomic E-state index is -1.13. The van der Waals surface area contributed by atoms with Crippen molar-refractivity contribution in [1.82, 2.24) is 24.1 Å². The molecule has 1 N–H and O–H groups in total. The number of hydrogen-bond donors (Lipinski definition) is 1. The fraction of sp³-hybridized carbons (Fsp3) is 0.559. The molecule has 50 heavy (non-hydrogen) atoms. The van der Waals surface area contributed by atoms with Crippen molar-refractivity contribution in [2.45, 2.75) is 103 Å². The van der Waals surface area contributed by atoms with Gasteiger partial charge in [0.1, 0.15) is 30.3 Å². The molecule has 0 radical (unpaired) electrons. The minimum absolute atomic E-state index is 0.317. The van der Waals surface area contributed by atoms with E-state index in [0.717, 1.165) is 47.3 Å². The van der Waals surface area contributed by atoms with Crippen molar-refractivity contribution in [2.75, 3.05) is 20.3 Å². The third-order valence-electron chi connectivity index (χ3n) is 8.49. The van der Waals surface area contributed by atoms with Gasteiger partial charge in [-0.15, -0.1) is 0 Å². The predicted octanol–water partition coefficient (Wildman–Crippen LogP) is 10.1. The topological polar surface area (TPSA) is 113 Å². The van der Waals surface area contributed by atoms with Crippen molar-refractivity contribution in [1.29, 1.82) is 0 Å². The van der Waals surface area contributed by atoms with Gasteiger partial charge in [-0.2, -0.15) is 0 Å². The number of hydrogen-bond acceptors (Lipinski definition) is 7. The van der Waals surface area contributed by atoms with Crippen LogP contribution in [0.5, 0.6) is 0 Å². The van der Waals surface area contributed by atoms with Crippen LogP contribution < -0.4 is 0 Å². The van der Waals surface area contributed by atoms with Gasteiger partial charge in [0.05, 0.1) is 31.0 Å². The van der Waals surface area contributed by atoms with Gasteiger partial charge in [0.25, 0.3) is 0 Å².